The number of thiazole rings is 1. The van der Waals surface area contributed by atoms with Crippen LogP contribution < -0.4 is 10.1 Å². The van der Waals surface area contributed by atoms with Gasteiger partial charge in [0.25, 0.3) is 0 Å². The van der Waals surface area contributed by atoms with Gasteiger partial charge in [-0.1, -0.05) is 0 Å². The molecule has 26 heavy (non-hydrogen) atoms. The molecule has 1 amide bonds. The molecule has 0 spiro atoms. The number of carbonyl (C=O) groups excluding carboxylic acids is 1. The Hall–Kier alpha value is -3.17. The summed E-state index contributed by atoms with van der Waals surface area (Å²) in [6.07, 6.45) is 0.931. The molecule has 0 aliphatic heterocycles. The summed E-state index contributed by atoms with van der Waals surface area (Å²) in [7, 11) is 1.64. The van der Waals surface area contributed by atoms with Gasteiger partial charge < -0.3 is 10.1 Å². The lowest BCUT2D eigenvalue weighted by molar-refractivity contribution is -0.116. The lowest BCUT2D eigenvalue weighted by atomic mass is 10.2. The van der Waals surface area contributed by atoms with Crippen LogP contribution in [0.4, 0.5) is 5.69 Å². The number of aryl methyl sites for hydroxylation is 1. The molecule has 0 fully saturated rings. The van der Waals surface area contributed by atoms with Gasteiger partial charge in [0, 0.05) is 23.1 Å². The van der Waals surface area contributed by atoms with Gasteiger partial charge in [-0.25, -0.2) is 4.98 Å². The summed E-state index contributed by atoms with van der Waals surface area (Å²) in [5.41, 5.74) is 3.18. The second kappa shape index (κ2) is 8.28. The van der Waals surface area contributed by atoms with E-state index in [-0.39, 0.29) is 5.91 Å². The van der Waals surface area contributed by atoms with Crippen molar-refractivity contribution in [1.82, 2.24) is 4.98 Å². The van der Waals surface area contributed by atoms with Crippen molar-refractivity contribution in [3.05, 3.63) is 65.2 Å². The molecular weight excluding hydrogens is 346 g/mol. The number of ether oxygens (including phenoxy) is 1. The number of anilines is 1. The summed E-state index contributed by atoms with van der Waals surface area (Å²) >= 11 is 1.56. The van der Waals surface area contributed by atoms with E-state index in [1.807, 2.05) is 35.7 Å². The standard InChI is InChI=1S/C20H17N3O2S/c1-25-18-9-4-15(5-10-18)20-23-17(13-26-20)8-11-19(24)22-16-6-2-14(12-21)3-7-16/h2-7,9-10,13H,8,11H2,1H3,(H,22,24). The summed E-state index contributed by atoms with van der Waals surface area (Å²) in [4.78, 5) is 16.7. The van der Waals surface area contributed by atoms with Crippen molar-refractivity contribution in [2.75, 3.05) is 12.4 Å². The zero-order chi connectivity index (χ0) is 18.4. The first-order valence-corrected chi connectivity index (χ1v) is 8.95. The minimum atomic E-state index is -0.0753. The highest BCUT2D eigenvalue weighted by molar-refractivity contribution is 7.13. The second-order valence-electron chi connectivity index (χ2n) is 5.61. The number of hydrogen-bond acceptors (Lipinski definition) is 5. The molecule has 0 aliphatic rings. The number of hydrogen-bond donors (Lipinski definition) is 1. The van der Waals surface area contributed by atoms with Gasteiger partial charge in [0.15, 0.2) is 0 Å². The molecule has 1 aromatic heterocycles. The van der Waals surface area contributed by atoms with Crippen LogP contribution in [-0.4, -0.2) is 18.0 Å². The van der Waals surface area contributed by atoms with Crippen molar-refractivity contribution in [1.29, 1.82) is 5.26 Å². The van der Waals surface area contributed by atoms with E-state index in [2.05, 4.69) is 10.3 Å². The second-order valence-corrected chi connectivity index (χ2v) is 6.47. The lowest BCUT2D eigenvalue weighted by Crippen LogP contribution is -2.12. The normalized spacial score (nSPS) is 10.2. The molecule has 130 valence electrons. The third kappa shape index (κ3) is 4.47. The maximum Gasteiger partial charge on any atom is 0.224 e. The highest BCUT2D eigenvalue weighted by Crippen LogP contribution is 2.26. The molecule has 0 saturated heterocycles. The van der Waals surface area contributed by atoms with Gasteiger partial charge in [-0.15, -0.1) is 11.3 Å². The quantitative estimate of drug-likeness (QED) is 0.710. The number of methoxy groups -OCH3 is 1. The van der Waals surface area contributed by atoms with Crippen LogP contribution in [0.3, 0.4) is 0 Å². The van der Waals surface area contributed by atoms with Crippen molar-refractivity contribution in [2.45, 2.75) is 12.8 Å². The Morgan fingerprint density at radius 1 is 1.19 bits per heavy atom. The minimum absolute atomic E-state index is 0.0753. The van der Waals surface area contributed by atoms with Gasteiger partial charge in [-0.3, -0.25) is 4.79 Å². The number of aromatic nitrogens is 1. The van der Waals surface area contributed by atoms with E-state index < -0.39 is 0 Å². The predicted molar refractivity (Wildman–Crippen MR) is 102 cm³/mol. The summed E-state index contributed by atoms with van der Waals surface area (Å²) in [6.45, 7) is 0. The zero-order valence-corrected chi connectivity index (χ0v) is 15.0. The Labute approximate surface area is 155 Å². The molecule has 6 heteroatoms. The Morgan fingerprint density at radius 3 is 2.58 bits per heavy atom. The Bertz CT molecular complexity index is 925. The average Bonchev–Trinajstić information content (AvgIpc) is 3.16. The van der Waals surface area contributed by atoms with Crippen LogP contribution in [0.5, 0.6) is 5.75 Å². The number of nitrogens with zero attached hydrogens (tertiary/aromatic N) is 2. The van der Waals surface area contributed by atoms with Gasteiger partial charge in [0.05, 0.1) is 24.4 Å². The molecule has 3 rings (SSSR count). The molecule has 0 atom stereocenters. The van der Waals surface area contributed by atoms with Crippen LogP contribution >= 0.6 is 11.3 Å². The Kier molecular flexibility index (Phi) is 5.62. The predicted octanol–water partition coefficient (Wildman–Crippen LogP) is 4.26. The smallest absolute Gasteiger partial charge is 0.224 e. The van der Waals surface area contributed by atoms with Gasteiger partial charge in [-0.2, -0.15) is 5.26 Å². The SMILES string of the molecule is COc1ccc(-c2nc(CCC(=O)Nc3ccc(C#N)cc3)cs2)cc1. The van der Waals surface area contributed by atoms with E-state index in [0.717, 1.165) is 22.0 Å². The molecule has 1 heterocycles. The molecule has 2 aromatic carbocycles. The highest BCUT2D eigenvalue weighted by Gasteiger charge is 2.08. The fraction of sp³-hybridized carbons (Fsp3) is 0.150. The number of benzene rings is 2. The van der Waals surface area contributed by atoms with Crippen LogP contribution in [-0.2, 0) is 11.2 Å². The molecular formula is C20H17N3O2S. The van der Waals surface area contributed by atoms with Crippen LogP contribution in [0.2, 0.25) is 0 Å². The first kappa shape index (κ1) is 17.6. The van der Waals surface area contributed by atoms with Crippen molar-refractivity contribution >= 4 is 22.9 Å². The summed E-state index contributed by atoms with van der Waals surface area (Å²) in [5.74, 6) is 0.735. The van der Waals surface area contributed by atoms with Crippen LogP contribution in [0.15, 0.2) is 53.9 Å². The van der Waals surface area contributed by atoms with Gasteiger partial charge >= 0.3 is 0 Å². The minimum Gasteiger partial charge on any atom is -0.497 e. The van der Waals surface area contributed by atoms with E-state index in [0.29, 0.717) is 24.1 Å². The molecule has 5 nitrogen and oxygen atoms in total. The molecule has 0 saturated carbocycles. The fourth-order valence-electron chi connectivity index (χ4n) is 2.38. The summed E-state index contributed by atoms with van der Waals surface area (Å²) < 4.78 is 5.16. The van der Waals surface area contributed by atoms with Crippen molar-refractivity contribution in [2.24, 2.45) is 0 Å². The van der Waals surface area contributed by atoms with E-state index in [1.165, 1.54) is 0 Å². The average molecular weight is 363 g/mol. The van der Waals surface area contributed by atoms with Crippen LogP contribution in [0, 0.1) is 11.3 Å². The first-order chi connectivity index (χ1) is 12.7. The van der Waals surface area contributed by atoms with E-state index in [4.69, 9.17) is 10.00 Å². The van der Waals surface area contributed by atoms with Crippen LogP contribution in [0.25, 0.3) is 10.6 Å². The number of nitriles is 1. The van der Waals surface area contributed by atoms with Crippen molar-refractivity contribution in [3.63, 3.8) is 0 Å². The van der Waals surface area contributed by atoms with Gasteiger partial charge in [0.2, 0.25) is 5.91 Å². The largest absolute Gasteiger partial charge is 0.497 e. The van der Waals surface area contributed by atoms with Crippen LogP contribution in [0.1, 0.15) is 17.7 Å². The topological polar surface area (TPSA) is 75.0 Å². The summed E-state index contributed by atoms with van der Waals surface area (Å²) in [5, 5.41) is 14.5. The maximum atomic E-state index is 12.1. The van der Waals surface area contributed by atoms with E-state index >= 15 is 0 Å². The van der Waals surface area contributed by atoms with Gasteiger partial charge in [-0.05, 0) is 55.0 Å². The Morgan fingerprint density at radius 2 is 1.92 bits per heavy atom. The number of nitrogens with one attached hydrogen (secondary N) is 1. The maximum absolute atomic E-state index is 12.1. The number of carbonyl (C=O) groups is 1. The molecule has 1 N–H and O–H groups in total. The highest BCUT2D eigenvalue weighted by atomic mass is 32.1. The van der Waals surface area contributed by atoms with Gasteiger partial charge in [0.1, 0.15) is 10.8 Å². The monoisotopic (exact) mass is 363 g/mol. The molecule has 0 radical (unpaired) electrons. The lowest BCUT2D eigenvalue weighted by Gasteiger charge is -2.04. The zero-order valence-electron chi connectivity index (χ0n) is 14.2. The van der Waals surface area contributed by atoms with E-state index in [1.54, 1.807) is 42.7 Å². The molecule has 0 aliphatic carbocycles. The Balaban J connectivity index is 1.55. The molecule has 3 aromatic rings. The fourth-order valence-corrected chi connectivity index (χ4v) is 3.24. The number of amides is 1. The molecule has 0 bridgehead atoms. The third-order valence-corrected chi connectivity index (χ3v) is 4.73. The van der Waals surface area contributed by atoms with E-state index in [9.17, 15) is 4.79 Å². The first-order valence-electron chi connectivity index (χ1n) is 8.07. The third-order valence-electron chi connectivity index (χ3n) is 3.79. The molecule has 0 unspecified atom stereocenters. The summed E-state index contributed by atoms with van der Waals surface area (Å²) in [6, 6.07) is 16.6. The van der Waals surface area contributed by atoms with Crippen molar-refractivity contribution in [3.8, 4) is 22.4 Å². The number of rotatable bonds is 6. The van der Waals surface area contributed by atoms with Crippen molar-refractivity contribution < 1.29 is 9.53 Å².